The molecule has 2 aromatic heterocycles. The zero-order valence-corrected chi connectivity index (χ0v) is 10.5. The fraction of sp³-hybridized carbons (Fsp3) is 0.286. The zero-order valence-electron chi connectivity index (χ0n) is 10.5. The topological polar surface area (TPSA) is 47.0 Å². The normalized spacial score (nSPS) is 10.3. The highest BCUT2D eigenvalue weighted by molar-refractivity contribution is 5.15. The fourth-order valence-electron chi connectivity index (χ4n) is 1.66. The molecule has 0 aromatic carbocycles. The van der Waals surface area contributed by atoms with E-state index in [-0.39, 0.29) is 0 Å². The number of methoxy groups -OCH3 is 1. The number of hydrogen-bond acceptors (Lipinski definition) is 4. The third-order valence-electron chi connectivity index (χ3n) is 2.61. The van der Waals surface area contributed by atoms with Crippen LogP contribution < -0.4 is 10.1 Å². The van der Waals surface area contributed by atoms with Crippen LogP contribution in [0.5, 0.6) is 5.88 Å². The number of nitrogens with one attached hydrogen (secondary N) is 1. The van der Waals surface area contributed by atoms with Crippen LogP contribution in [0.3, 0.4) is 0 Å². The summed E-state index contributed by atoms with van der Waals surface area (Å²) in [6.45, 7) is 1.65. The zero-order chi connectivity index (χ0) is 12.6. The predicted molar refractivity (Wildman–Crippen MR) is 70.4 cm³/mol. The van der Waals surface area contributed by atoms with Gasteiger partial charge < -0.3 is 10.1 Å². The third-order valence-corrected chi connectivity index (χ3v) is 2.61. The Morgan fingerprint density at radius 1 is 1.22 bits per heavy atom. The van der Waals surface area contributed by atoms with Crippen LogP contribution in [0.2, 0.25) is 0 Å². The van der Waals surface area contributed by atoms with E-state index < -0.39 is 0 Å². The molecule has 4 nitrogen and oxygen atoms in total. The van der Waals surface area contributed by atoms with E-state index in [0.29, 0.717) is 5.88 Å². The first kappa shape index (κ1) is 12.5. The van der Waals surface area contributed by atoms with E-state index in [1.807, 2.05) is 30.5 Å². The molecular weight excluding hydrogens is 226 g/mol. The number of hydrogen-bond donors (Lipinski definition) is 1. The summed E-state index contributed by atoms with van der Waals surface area (Å²) >= 11 is 0. The number of pyridine rings is 2. The first-order chi connectivity index (χ1) is 8.88. The van der Waals surface area contributed by atoms with Gasteiger partial charge in [0.25, 0.3) is 0 Å². The van der Waals surface area contributed by atoms with Crippen LogP contribution in [0, 0.1) is 0 Å². The van der Waals surface area contributed by atoms with Crippen molar-refractivity contribution in [2.45, 2.75) is 13.0 Å². The van der Waals surface area contributed by atoms with Gasteiger partial charge in [-0.3, -0.25) is 4.98 Å². The van der Waals surface area contributed by atoms with Gasteiger partial charge in [0.15, 0.2) is 0 Å². The van der Waals surface area contributed by atoms with Gasteiger partial charge in [-0.2, -0.15) is 0 Å². The lowest BCUT2D eigenvalue weighted by molar-refractivity contribution is 0.395. The fourth-order valence-corrected chi connectivity index (χ4v) is 1.66. The van der Waals surface area contributed by atoms with E-state index >= 15 is 0 Å². The highest BCUT2D eigenvalue weighted by atomic mass is 16.5. The predicted octanol–water partition coefficient (Wildman–Crippen LogP) is 1.82. The Hall–Kier alpha value is -1.94. The molecule has 4 heteroatoms. The maximum absolute atomic E-state index is 5.08. The van der Waals surface area contributed by atoms with Gasteiger partial charge in [-0.05, 0) is 30.7 Å². The summed E-state index contributed by atoms with van der Waals surface area (Å²) in [5.41, 5.74) is 2.23. The van der Waals surface area contributed by atoms with Gasteiger partial charge >= 0.3 is 0 Å². The molecule has 0 aliphatic rings. The summed E-state index contributed by atoms with van der Waals surface area (Å²) < 4.78 is 5.08. The minimum atomic E-state index is 0.654. The molecule has 0 fully saturated rings. The van der Waals surface area contributed by atoms with Crippen LogP contribution in [-0.2, 0) is 13.0 Å². The van der Waals surface area contributed by atoms with E-state index in [9.17, 15) is 0 Å². The minimum Gasteiger partial charge on any atom is -0.481 e. The average molecular weight is 243 g/mol. The maximum atomic E-state index is 5.08. The molecule has 0 spiro atoms. The van der Waals surface area contributed by atoms with Crippen LogP contribution in [0.25, 0.3) is 0 Å². The summed E-state index contributed by atoms with van der Waals surface area (Å²) in [6.07, 6.45) is 4.65. The van der Waals surface area contributed by atoms with Crippen molar-refractivity contribution in [1.29, 1.82) is 0 Å². The summed E-state index contributed by atoms with van der Waals surface area (Å²) in [5, 5.41) is 3.36. The number of rotatable bonds is 6. The number of aromatic nitrogens is 2. The first-order valence-corrected chi connectivity index (χ1v) is 5.98. The van der Waals surface area contributed by atoms with Crippen molar-refractivity contribution in [3.8, 4) is 5.88 Å². The molecule has 2 heterocycles. The average Bonchev–Trinajstić information content (AvgIpc) is 2.45. The lowest BCUT2D eigenvalue weighted by Gasteiger charge is -2.05. The molecule has 2 aromatic rings. The SMILES string of the molecule is COc1cccc(CNCCc2cccnc2)n1. The van der Waals surface area contributed by atoms with E-state index in [1.54, 1.807) is 13.3 Å². The van der Waals surface area contributed by atoms with Gasteiger partial charge in [0.05, 0.1) is 12.8 Å². The summed E-state index contributed by atoms with van der Waals surface area (Å²) in [4.78, 5) is 8.43. The van der Waals surface area contributed by atoms with Crippen molar-refractivity contribution in [3.63, 3.8) is 0 Å². The van der Waals surface area contributed by atoms with Crippen LogP contribution in [0.15, 0.2) is 42.7 Å². The molecule has 0 amide bonds. The Morgan fingerprint density at radius 3 is 2.94 bits per heavy atom. The van der Waals surface area contributed by atoms with Gasteiger partial charge in [-0.15, -0.1) is 0 Å². The summed E-state index contributed by atoms with van der Waals surface area (Å²) in [7, 11) is 1.63. The first-order valence-electron chi connectivity index (χ1n) is 5.98. The molecule has 18 heavy (non-hydrogen) atoms. The van der Waals surface area contributed by atoms with Gasteiger partial charge in [0.1, 0.15) is 0 Å². The Morgan fingerprint density at radius 2 is 2.17 bits per heavy atom. The Bertz CT molecular complexity index is 473. The summed E-state index contributed by atoms with van der Waals surface area (Å²) in [5.74, 6) is 0.654. The van der Waals surface area contributed by atoms with Gasteiger partial charge in [0, 0.05) is 25.0 Å². The van der Waals surface area contributed by atoms with Gasteiger partial charge in [0.2, 0.25) is 5.88 Å². The molecule has 0 saturated heterocycles. The monoisotopic (exact) mass is 243 g/mol. The molecule has 94 valence electrons. The lowest BCUT2D eigenvalue weighted by Crippen LogP contribution is -2.17. The molecular formula is C14H17N3O. The van der Waals surface area contributed by atoms with Crippen LogP contribution in [-0.4, -0.2) is 23.6 Å². The number of nitrogens with zero attached hydrogens (tertiary/aromatic N) is 2. The van der Waals surface area contributed by atoms with E-state index in [2.05, 4.69) is 21.4 Å². The van der Waals surface area contributed by atoms with Crippen molar-refractivity contribution in [1.82, 2.24) is 15.3 Å². The molecule has 0 bridgehead atoms. The van der Waals surface area contributed by atoms with Gasteiger partial charge in [-0.1, -0.05) is 12.1 Å². The van der Waals surface area contributed by atoms with Gasteiger partial charge in [-0.25, -0.2) is 4.98 Å². The highest BCUT2D eigenvalue weighted by Gasteiger charge is 1.97. The van der Waals surface area contributed by atoms with Crippen molar-refractivity contribution in [2.24, 2.45) is 0 Å². The Balaban J connectivity index is 1.75. The van der Waals surface area contributed by atoms with Crippen molar-refractivity contribution in [2.75, 3.05) is 13.7 Å². The van der Waals surface area contributed by atoms with E-state index in [4.69, 9.17) is 4.74 Å². The number of ether oxygens (including phenoxy) is 1. The van der Waals surface area contributed by atoms with E-state index in [0.717, 1.165) is 25.2 Å². The molecule has 0 aliphatic carbocycles. The Labute approximate surface area is 107 Å². The molecule has 1 N–H and O–H groups in total. The standard InChI is InChI=1S/C14H17N3O/c1-18-14-6-2-5-13(17-14)11-16-9-7-12-4-3-8-15-10-12/h2-6,8,10,16H,7,9,11H2,1H3. The molecule has 0 aliphatic heterocycles. The molecule has 0 saturated carbocycles. The van der Waals surface area contributed by atoms with Crippen molar-refractivity contribution < 1.29 is 4.74 Å². The maximum Gasteiger partial charge on any atom is 0.213 e. The molecule has 0 unspecified atom stereocenters. The lowest BCUT2D eigenvalue weighted by atomic mass is 10.2. The third kappa shape index (κ3) is 3.82. The molecule has 0 atom stereocenters. The molecule has 2 rings (SSSR count). The second kappa shape index (κ2) is 6.71. The van der Waals surface area contributed by atoms with Crippen LogP contribution in [0.1, 0.15) is 11.3 Å². The largest absolute Gasteiger partial charge is 0.481 e. The molecule has 0 radical (unpaired) electrons. The van der Waals surface area contributed by atoms with Crippen LogP contribution >= 0.6 is 0 Å². The summed E-state index contributed by atoms with van der Waals surface area (Å²) in [6, 6.07) is 9.82. The quantitative estimate of drug-likeness (QED) is 0.786. The van der Waals surface area contributed by atoms with Crippen LogP contribution in [0.4, 0.5) is 0 Å². The van der Waals surface area contributed by atoms with Crippen molar-refractivity contribution in [3.05, 3.63) is 54.0 Å². The van der Waals surface area contributed by atoms with Crippen molar-refractivity contribution >= 4 is 0 Å². The van der Waals surface area contributed by atoms with E-state index in [1.165, 1.54) is 5.56 Å². The smallest absolute Gasteiger partial charge is 0.213 e. The second-order valence-electron chi connectivity index (χ2n) is 3.96. The Kier molecular flexibility index (Phi) is 4.67. The highest BCUT2D eigenvalue weighted by Crippen LogP contribution is 2.06. The second-order valence-corrected chi connectivity index (χ2v) is 3.96. The minimum absolute atomic E-state index is 0.654.